The van der Waals surface area contributed by atoms with Gasteiger partial charge in [0.25, 0.3) is 0 Å². The van der Waals surface area contributed by atoms with Crippen LogP contribution in [0.5, 0.6) is 0 Å². The van der Waals surface area contributed by atoms with Crippen molar-refractivity contribution in [2.45, 2.75) is 318 Å². The van der Waals surface area contributed by atoms with E-state index >= 15 is 0 Å². The van der Waals surface area contributed by atoms with Crippen molar-refractivity contribution in [3.8, 4) is 0 Å². The van der Waals surface area contributed by atoms with Gasteiger partial charge in [-0.05, 0) is 237 Å². The number of rotatable bonds is 28. The molecule has 5 aliphatic rings. The van der Waals surface area contributed by atoms with Crippen LogP contribution in [0.1, 0.15) is 259 Å². The SMILES string of the molecule is CC(C)(C)OC(=O)N(C(=O)OC(C)(C)C)c1ccc(C2(CO)CCOC2)c(COCc2ccccc2)n1.CC(C)(C)OC(=O)N(C(=O)OC(C)(C)C)c1ccc(C23CCOCC2O3)c(COCc2ccccc2)n1.COC1(c2ccc(N(C(=O)OC(C)(C)C)C(=O)OC(C)(C)C)nc2COCc2ccccc2)CCOC1.COCC1(c2ccc(N(C(=O)OC(C)(C)C)C(=O)OC(C)(C)C)nc2COCc2ccccc2)CCOC1. The number of anilines is 4. The third kappa shape index (κ3) is 35.6. The van der Waals surface area contributed by atoms with E-state index < -0.39 is 116 Å². The van der Waals surface area contributed by atoms with Crippen molar-refractivity contribution in [2.75, 3.05) is 99.9 Å². The van der Waals surface area contributed by atoms with Gasteiger partial charge in [-0.1, -0.05) is 146 Å². The fourth-order valence-electron chi connectivity index (χ4n) is 16.3. The summed E-state index contributed by atoms with van der Waals surface area (Å²) >= 11 is 0. The molecular weight excluding hydrogens is 1920 g/mol. The number of imide groups is 4. The molecule has 36 heteroatoms. The third-order valence-electron chi connectivity index (χ3n) is 22.9. The van der Waals surface area contributed by atoms with Gasteiger partial charge >= 0.3 is 48.7 Å². The zero-order valence-corrected chi connectivity index (χ0v) is 91.3. The fraction of sp³-hybridized carbons (Fsp3) is 0.540. The molecule has 8 aromatic rings. The van der Waals surface area contributed by atoms with Gasteiger partial charge in [0, 0.05) is 75.4 Å². The first-order valence-electron chi connectivity index (χ1n) is 50.0. The zero-order chi connectivity index (χ0) is 109. The largest absolute Gasteiger partial charge is 0.443 e. The molecule has 5 saturated heterocycles. The summed E-state index contributed by atoms with van der Waals surface area (Å²) in [5.74, 6) is 0.279. The minimum absolute atomic E-state index is 0.0394. The van der Waals surface area contributed by atoms with Gasteiger partial charge in [0.15, 0.2) is 0 Å². The molecule has 4 aromatic heterocycles. The maximum absolute atomic E-state index is 13.2. The van der Waals surface area contributed by atoms with E-state index in [2.05, 4.69) is 4.98 Å². The van der Waals surface area contributed by atoms with Crippen molar-refractivity contribution >= 4 is 72.0 Å². The lowest BCUT2D eigenvalue weighted by Gasteiger charge is -2.31. The van der Waals surface area contributed by atoms with Gasteiger partial charge in [-0.2, -0.15) is 19.6 Å². The summed E-state index contributed by atoms with van der Waals surface area (Å²) in [4.78, 5) is 127. The minimum Gasteiger partial charge on any atom is -0.443 e. The Labute approximate surface area is 875 Å². The van der Waals surface area contributed by atoms with E-state index in [4.69, 9.17) is 105 Å². The maximum atomic E-state index is 13.2. The highest BCUT2D eigenvalue weighted by molar-refractivity contribution is 6.11. The number of aliphatic hydroxyl groups is 1. The molecule has 5 unspecified atom stereocenters. The minimum atomic E-state index is -0.903. The number of benzene rings is 4. The zero-order valence-electron chi connectivity index (χ0n) is 91.3. The van der Waals surface area contributed by atoms with E-state index in [1.165, 1.54) is 0 Å². The molecule has 5 fully saturated rings. The molecule has 149 heavy (non-hydrogen) atoms. The highest BCUT2D eigenvalue weighted by Gasteiger charge is 2.61. The summed E-state index contributed by atoms with van der Waals surface area (Å²) in [5, 5.41) is 10.3. The van der Waals surface area contributed by atoms with Gasteiger partial charge in [-0.3, -0.25) is 0 Å². The summed E-state index contributed by atoms with van der Waals surface area (Å²) in [6, 6.07) is 52.7. The maximum Gasteiger partial charge on any atom is 0.425 e. The van der Waals surface area contributed by atoms with E-state index in [-0.39, 0.29) is 62.4 Å². The molecule has 0 spiro atoms. The number of nitrogens with zero attached hydrogens (tertiary/aromatic N) is 8. The molecule has 5 atom stereocenters. The number of ether oxygens (including phenoxy) is 19. The number of amides is 8. The molecule has 0 saturated carbocycles. The van der Waals surface area contributed by atoms with Crippen LogP contribution in [0.25, 0.3) is 0 Å². The summed E-state index contributed by atoms with van der Waals surface area (Å²) in [6.45, 7) is 47.5. The number of aromatic nitrogens is 4. The average molecular weight is 2070 g/mol. The van der Waals surface area contributed by atoms with Gasteiger partial charge in [-0.25, -0.2) is 58.3 Å². The normalized spacial score (nSPS) is 18.7. The van der Waals surface area contributed by atoms with Crippen LogP contribution in [-0.2, 0) is 165 Å². The number of fused-ring (bicyclic) bond motifs is 1. The Hall–Kier alpha value is -12.0. The quantitative estimate of drug-likeness (QED) is 0.0351. The number of methoxy groups -OCH3 is 2. The fourth-order valence-corrected chi connectivity index (χ4v) is 16.3. The number of carbonyl (C=O) groups excluding carboxylic acids is 8. The number of hydrogen-bond acceptors (Lipinski definition) is 32. The van der Waals surface area contributed by atoms with E-state index in [1.807, 2.05) is 133 Å². The van der Waals surface area contributed by atoms with Crippen LogP contribution in [0.4, 0.5) is 61.6 Å². The second-order valence-corrected chi connectivity index (χ2v) is 44.8. The van der Waals surface area contributed by atoms with Crippen LogP contribution >= 0.6 is 0 Å². The molecule has 0 aliphatic carbocycles. The molecule has 36 nitrogen and oxygen atoms in total. The summed E-state index contributed by atoms with van der Waals surface area (Å²) in [7, 11) is 3.28. The Bertz CT molecular complexity index is 5460. The van der Waals surface area contributed by atoms with E-state index in [0.717, 1.165) is 70.5 Å². The topological polar surface area (TPSA) is 400 Å². The van der Waals surface area contributed by atoms with Gasteiger partial charge in [0.1, 0.15) is 85.4 Å². The Morgan fingerprint density at radius 2 is 0.564 bits per heavy atom. The van der Waals surface area contributed by atoms with Gasteiger partial charge in [0.05, 0.1) is 115 Å². The average Bonchev–Trinajstić information content (AvgIpc) is 1.56. The second kappa shape index (κ2) is 51.2. The van der Waals surface area contributed by atoms with Crippen molar-refractivity contribution in [3.63, 3.8) is 0 Å². The Morgan fingerprint density at radius 3 is 0.819 bits per heavy atom. The highest BCUT2D eigenvalue weighted by atomic mass is 16.7. The summed E-state index contributed by atoms with van der Waals surface area (Å²) < 4.78 is 108. The Kier molecular flexibility index (Phi) is 40.8. The Balaban J connectivity index is 0.000000203. The number of epoxide rings is 1. The molecule has 8 amide bonds. The van der Waals surface area contributed by atoms with E-state index in [1.54, 1.807) is 217 Å². The number of hydrogen-bond donors (Lipinski definition) is 1. The van der Waals surface area contributed by atoms with E-state index in [0.29, 0.717) is 128 Å². The standard InChI is InChI=1S/C29H40N2O7.C28H36N2O7.2C28H38N2O7/c1-27(2,3)37-25(32)31(26(33)38-28(4,5)6)24-14-13-22(29(19-34-7)15-16-35-20-29)23(30-24)18-36-17-21-11-9-8-10-12-21;1-26(2,3)36-24(31)30(25(32)37-27(4,5)6)23-13-12-20(28-14-15-33-18-22(28)35-28)21(29-23)17-34-16-19-10-8-7-9-11-19;1-26(2,3)36-24(31)30(25(32)37-27(4,5)6)23-14-13-21(28(33-7)15-16-34-19-28)22(29-23)18-35-17-20-11-9-8-10-12-20;1-26(2,3)36-24(32)30(25(33)37-27(4,5)6)23-13-12-21(28(18-31)14-15-34-19-28)22(29-23)17-35-16-20-10-8-7-9-11-20/h8-14H,15-20H2,1-7H3;7-13,22H,14-18H2,1-6H3;8-14H,15-19H2,1-7H3;7-13,31H,14-19H2,1-6H3. The van der Waals surface area contributed by atoms with Crippen molar-refractivity contribution in [3.05, 3.63) is 237 Å². The predicted molar refractivity (Wildman–Crippen MR) is 556 cm³/mol. The van der Waals surface area contributed by atoms with Gasteiger partial charge in [-0.15, -0.1) is 0 Å². The van der Waals surface area contributed by atoms with Crippen molar-refractivity contribution in [1.29, 1.82) is 0 Å². The van der Waals surface area contributed by atoms with Crippen molar-refractivity contribution in [1.82, 2.24) is 19.9 Å². The molecule has 4 aromatic carbocycles. The third-order valence-corrected chi connectivity index (χ3v) is 22.9. The summed E-state index contributed by atoms with van der Waals surface area (Å²) in [5.41, 5.74) is 0.544. The first-order valence-corrected chi connectivity index (χ1v) is 50.0. The molecular formula is C113H152N8O28. The molecule has 0 radical (unpaired) electrons. The molecule has 13 rings (SSSR count). The molecule has 0 bridgehead atoms. The Morgan fingerprint density at radius 1 is 0.309 bits per heavy atom. The van der Waals surface area contributed by atoms with E-state index in [9.17, 15) is 43.5 Å². The molecule has 5 aliphatic heterocycles. The first-order chi connectivity index (χ1) is 69.9. The van der Waals surface area contributed by atoms with Gasteiger partial charge < -0.3 is 95.1 Å². The van der Waals surface area contributed by atoms with Crippen LogP contribution in [-0.4, -0.2) is 205 Å². The van der Waals surface area contributed by atoms with Crippen molar-refractivity contribution < 1.29 is 133 Å². The van der Waals surface area contributed by atoms with Crippen LogP contribution < -0.4 is 19.6 Å². The first kappa shape index (κ1) is 119. The lowest BCUT2D eigenvalue weighted by molar-refractivity contribution is -0.0239. The monoisotopic (exact) mass is 2070 g/mol. The van der Waals surface area contributed by atoms with Crippen LogP contribution in [0.2, 0.25) is 0 Å². The smallest absolute Gasteiger partial charge is 0.425 e. The molecule has 9 heterocycles. The van der Waals surface area contributed by atoms with Crippen LogP contribution in [0.3, 0.4) is 0 Å². The number of carbonyl (C=O) groups is 8. The predicted octanol–water partition coefficient (Wildman–Crippen LogP) is 22.1. The summed E-state index contributed by atoms with van der Waals surface area (Å²) in [6.07, 6.45) is -4.46. The lowest BCUT2D eigenvalue weighted by Crippen LogP contribution is -2.44. The molecule has 1 N–H and O–H groups in total. The van der Waals surface area contributed by atoms with Crippen molar-refractivity contribution in [2.24, 2.45) is 0 Å². The second-order valence-electron chi connectivity index (χ2n) is 44.8. The number of pyridine rings is 4. The van der Waals surface area contributed by atoms with Crippen LogP contribution in [0, 0.1) is 0 Å². The number of aliphatic hydroxyl groups excluding tert-OH is 1. The molecule has 812 valence electrons. The van der Waals surface area contributed by atoms with Gasteiger partial charge in [0.2, 0.25) is 0 Å². The van der Waals surface area contributed by atoms with Crippen LogP contribution in [0.15, 0.2) is 170 Å². The lowest BCUT2D eigenvalue weighted by atomic mass is 9.79. The highest BCUT2D eigenvalue weighted by Crippen LogP contribution is 2.53.